The first-order chi connectivity index (χ1) is 9.28. The quantitative estimate of drug-likeness (QED) is 0.859. The summed E-state index contributed by atoms with van der Waals surface area (Å²) in [7, 11) is 0. The molecule has 0 saturated carbocycles. The van der Waals surface area contributed by atoms with Gasteiger partial charge in [-0.1, -0.05) is 6.92 Å². The van der Waals surface area contributed by atoms with Gasteiger partial charge in [0, 0.05) is 6.54 Å². The van der Waals surface area contributed by atoms with Crippen molar-refractivity contribution in [1.82, 2.24) is 14.9 Å². The van der Waals surface area contributed by atoms with E-state index in [2.05, 4.69) is 21.8 Å². The zero-order chi connectivity index (χ0) is 13.2. The summed E-state index contributed by atoms with van der Waals surface area (Å²) in [6.45, 7) is 4.56. The van der Waals surface area contributed by atoms with Crippen LogP contribution in [0.2, 0.25) is 0 Å². The van der Waals surface area contributed by atoms with E-state index in [-0.39, 0.29) is 5.88 Å². The number of hydrogen-bond donors (Lipinski definition) is 1. The van der Waals surface area contributed by atoms with Crippen molar-refractivity contribution in [1.29, 1.82) is 0 Å². The van der Waals surface area contributed by atoms with Crippen molar-refractivity contribution < 1.29 is 5.11 Å². The fourth-order valence-electron chi connectivity index (χ4n) is 3.17. The predicted molar refractivity (Wildman–Crippen MR) is 76.4 cm³/mol. The molecule has 2 saturated heterocycles. The van der Waals surface area contributed by atoms with E-state index >= 15 is 0 Å². The Bertz CT molecular complexity index is 454. The van der Waals surface area contributed by atoms with Crippen molar-refractivity contribution >= 4 is 11.8 Å². The number of aromatic hydroxyl groups is 1. The summed E-state index contributed by atoms with van der Waals surface area (Å²) in [5, 5.41) is 10.5. The van der Waals surface area contributed by atoms with Gasteiger partial charge in [0.05, 0.1) is 17.9 Å². The molecular formula is C14H21N3OS. The number of nitrogens with zero attached hydrogens (tertiary/aromatic N) is 3. The highest BCUT2D eigenvalue weighted by Gasteiger charge is 2.36. The van der Waals surface area contributed by atoms with Crippen molar-refractivity contribution in [2.75, 3.05) is 18.8 Å². The summed E-state index contributed by atoms with van der Waals surface area (Å²) in [5.41, 5.74) is 1.08. The predicted octanol–water partition coefficient (Wildman–Crippen LogP) is 2.84. The Hall–Kier alpha value is -0.810. The first-order valence-electron chi connectivity index (χ1n) is 7.20. The Morgan fingerprint density at radius 2 is 2.32 bits per heavy atom. The van der Waals surface area contributed by atoms with Gasteiger partial charge in [-0.2, -0.15) is 0 Å². The van der Waals surface area contributed by atoms with Gasteiger partial charge < -0.3 is 5.11 Å². The molecule has 1 aromatic heterocycles. The zero-order valence-corrected chi connectivity index (χ0v) is 12.2. The molecule has 0 spiro atoms. The molecule has 2 fully saturated rings. The summed E-state index contributed by atoms with van der Waals surface area (Å²) >= 11 is 1.72. The van der Waals surface area contributed by atoms with E-state index in [0.717, 1.165) is 28.8 Å². The normalized spacial score (nSPS) is 29.6. The van der Waals surface area contributed by atoms with Crippen LogP contribution in [-0.4, -0.2) is 38.8 Å². The van der Waals surface area contributed by atoms with Gasteiger partial charge >= 0.3 is 0 Å². The molecule has 0 aliphatic carbocycles. The third-order valence-corrected chi connectivity index (χ3v) is 5.31. The number of rotatable bonds is 4. The summed E-state index contributed by atoms with van der Waals surface area (Å²) in [5.74, 6) is 1.96. The van der Waals surface area contributed by atoms with Crippen LogP contribution in [0.15, 0.2) is 11.2 Å². The highest BCUT2D eigenvalue weighted by Crippen LogP contribution is 2.41. The molecule has 3 unspecified atom stereocenters. The fraction of sp³-hybridized carbons (Fsp3) is 0.714. The topological polar surface area (TPSA) is 49.3 Å². The highest BCUT2D eigenvalue weighted by atomic mass is 32.2. The molecular weight excluding hydrogens is 258 g/mol. The standard InChI is InChI=1S/C14H21N3OS/c1-2-7-19-14-13(15-8-12(18)16-14)11-4-3-10-5-6-17(11)9-10/h8,10-11H,2-7,9H2,1H3,(H,16,18). The monoisotopic (exact) mass is 279 g/mol. The number of fused-ring (bicyclic) bond motifs is 2. The molecule has 4 nitrogen and oxygen atoms in total. The molecule has 1 N–H and O–H groups in total. The molecule has 3 atom stereocenters. The lowest BCUT2D eigenvalue weighted by atomic mass is 9.95. The maximum atomic E-state index is 9.57. The molecule has 2 aliphatic heterocycles. The van der Waals surface area contributed by atoms with Crippen LogP contribution in [0, 0.1) is 5.92 Å². The molecule has 1 aromatic rings. The number of thioether (sulfide) groups is 1. The van der Waals surface area contributed by atoms with Crippen LogP contribution in [0.4, 0.5) is 0 Å². The second-order valence-electron chi connectivity index (χ2n) is 5.51. The lowest BCUT2D eigenvalue weighted by Crippen LogP contribution is -2.31. The third-order valence-electron chi connectivity index (χ3n) is 4.12. The Kier molecular flexibility index (Phi) is 3.93. The maximum absolute atomic E-state index is 9.57. The molecule has 19 heavy (non-hydrogen) atoms. The van der Waals surface area contributed by atoms with Crippen LogP contribution < -0.4 is 0 Å². The first kappa shape index (κ1) is 13.2. The molecule has 0 amide bonds. The van der Waals surface area contributed by atoms with E-state index in [1.807, 2.05) is 0 Å². The number of hydrogen-bond acceptors (Lipinski definition) is 5. The second-order valence-corrected chi connectivity index (χ2v) is 6.59. The Morgan fingerprint density at radius 3 is 3.16 bits per heavy atom. The van der Waals surface area contributed by atoms with Crippen molar-refractivity contribution in [2.45, 2.75) is 43.7 Å². The van der Waals surface area contributed by atoms with Crippen molar-refractivity contribution in [3.8, 4) is 5.88 Å². The minimum Gasteiger partial charge on any atom is -0.492 e. The minimum atomic E-state index is 0.0393. The van der Waals surface area contributed by atoms with E-state index in [9.17, 15) is 5.11 Å². The van der Waals surface area contributed by atoms with Gasteiger partial charge in [0.25, 0.3) is 0 Å². The Morgan fingerprint density at radius 1 is 1.42 bits per heavy atom. The van der Waals surface area contributed by atoms with Crippen molar-refractivity contribution in [2.24, 2.45) is 5.92 Å². The lowest BCUT2D eigenvalue weighted by Gasteiger charge is -2.32. The highest BCUT2D eigenvalue weighted by molar-refractivity contribution is 7.99. The first-order valence-corrected chi connectivity index (χ1v) is 8.19. The average Bonchev–Trinajstić information content (AvgIpc) is 2.79. The van der Waals surface area contributed by atoms with Crippen LogP contribution in [-0.2, 0) is 0 Å². The van der Waals surface area contributed by atoms with Gasteiger partial charge in [0.1, 0.15) is 5.03 Å². The zero-order valence-electron chi connectivity index (χ0n) is 11.4. The van der Waals surface area contributed by atoms with Gasteiger partial charge in [-0.3, -0.25) is 9.88 Å². The van der Waals surface area contributed by atoms with Gasteiger partial charge in [-0.25, -0.2) is 4.98 Å². The summed E-state index contributed by atoms with van der Waals surface area (Å²) in [6.07, 6.45) is 6.43. The molecule has 5 heteroatoms. The third kappa shape index (κ3) is 2.72. The van der Waals surface area contributed by atoms with E-state index < -0.39 is 0 Å². The van der Waals surface area contributed by atoms with E-state index in [1.54, 1.807) is 11.8 Å². The van der Waals surface area contributed by atoms with Gasteiger partial charge in [0.2, 0.25) is 5.88 Å². The number of aromatic nitrogens is 2. The lowest BCUT2D eigenvalue weighted by molar-refractivity contribution is 0.175. The smallest absolute Gasteiger partial charge is 0.230 e. The Labute approximate surface area is 118 Å². The van der Waals surface area contributed by atoms with E-state index in [0.29, 0.717) is 6.04 Å². The second kappa shape index (κ2) is 5.67. The molecule has 2 aliphatic rings. The minimum absolute atomic E-state index is 0.0393. The summed E-state index contributed by atoms with van der Waals surface area (Å²) in [4.78, 5) is 11.3. The molecule has 104 valence electrons. The van der Waals surface area contributed by atoms with Gasteiger partial charge in [-0.15, -0.1) is 11.8 Å². The van der Waals surface area contributed by atoms with Gasteiger partial charge in [-0.05, 0) is 43.9 Å². The van der Waals surface area contributed by atoms with Crippen LogP contribution in [0.3, 0.4) is 0 Å². The fourth-order valence-corrected chi connectivity index (χ4v) is 4.07. The van der Waals surface area contributed by atoms with Crippen molar-refractivity contribution in [3.63, 3.8) is 0 Å². The molecule has 3 heterocycles. The Balaban J connectivity index is 1.86. The van der Waals surface area contributed by atoms with Crippen LogP contribution >= 0.6 is 11.8 Å². The number of piperidine rings is 1. The molecule has 0 radical (unpaired) electrons. The van der Waals surface area contributed by atoms with E-state index in [4.69, 9.17) is 0 Å². The van der Waals surface area contributed by atoms with Crippen LogP contribution in [0.25, 0.3) is 0 Å². The van der Waals surface area contributed by atoms with E-state index in [1.165, 1.54) is 38.5 Å². The average molecular weight is 279 g/mol. The van der Waals surface area contributed by atoms with Crippen LogP contribution in [0.1, 0.15) is 44.3 Å². The maximum Gasteiger partial charge on any atom is 0.230 e. The molecule has 3 rings (SSSR count). The molecule has 0 aromatic carbocycles. The van der Waals surface area contributed by atoms with Crippen molar-refractivity contribution in [3.05, 3.63) is 11.9 Å². The van der Waals surface area contributed by atoms with Gasteiger partial charge in [0.15, 0.2) is 0 Å². The summed E-state index contributed by atoms with van der Waals surface area (Å²) < 4.78 is 0. The molecule has 2 bridgehead atoms. The SMILES string of the molecule is CCCSc1nc(O)cnc1C1CCC2CCN1C2. The van der Waals surface area contributed by atoms with Crippen LogP contribution in [0.5, 0.6) is 5.88 Å². The largest absolute Gasteiger partial charge is 0.492 e. The summed E-state index contributed by atoms with van der Waals surface area (Å²) in [6, 6.07) is 0.409.